The molecule has 0 aliphatic rings. The van der Waals surface area contributed by atoms with Gasteiger partial charge in [0.2, 0.25) is 0 Å². The minimum Gasteiger partial charge on any atom is -0.469 e. The number of amides is 1. The molecule has 2 aromatic carbocycles. The second-order valence-corrected chi connectivity index (χ2v) is 5.73. The Balaban J connectivity index is 1.86. The van der Waals surface area contributed by atoms with E-state index in [0.29, 0.717) is 29.5 Å². The van der Waals surface area contributed by atoms with E-state index in [1.165, 1.54) is 7.11 Å². The molecule has 2 aromatic rings. The Kier molecular flexibility index (Phi) is 6.89. The van der Waals surface area contributed by atoms with Crippen LogP contribution in [0.25, 0.3) is 0 Å². The molecule has 1 amide bonds. The molecule has 0 saturated heterocycles. The molecule has 0 fully saturated rings. The first kappa shape index (κ1) is 19.2. The number of ether oxygens (including phenoxy) is 1. The van der Waals surface area contributed by atoms with Crippen molar-refractivity contribution in [2.24, 2.45) is 0 Å². The average Bonchev–Trinajstić information content (AvgIpc) is 2.70. The van der Waals surface area contributed by atoms with Crippen LogP contribution in [-0.4, -0.2) is 30.6 Å². The molecular weight excluding hydrogens is 332 g/mol. The minimum absolute atomic E-state index is 0.0698. The lowest BCUT2D eigenvalue weighted by Gasteiger charge is -2.13. The maximum absolute atomic E-state index is 12.1. The molecule has 0 saturated carbocycles. The van der Waals surface area contributed by atoms with E-state index in [9.17, 15) is 14.7 Å². The molecule has 0 aromatic heterocycles. The summed E-state index contributed by atoms with van der Waals surface area (Å²) in [5.74, 6) is -0.581. The Hall–Kier alpha value is -3.17. The number of carbonyl (C=O) groups excluding carboxylic acids is 2. The van der Waals surface area contributed by atoms with Gasteiger partial charge >= 0.3 is 5.97 Å². The SMILES string of the molecule is COC(=O)CCc1ccc(C(O)CNC(=O)c2ccc(C#N)cc2)cc1. The van der Waals surface area contributed by atoms with Crippen LogP contribution in [0.2, 0.25) is 0 Å². The fourth-order valence-electron chi connectivity index (χ4n) is 2.36. The average molecular weight is 352 g/mol. The molecule has 2 N–H and O–H groups in total. The summed E-state index contributed by atoms with van der Waals surface area (Å²) in [6.07, 6.45) is 0.0318. The Morgan fingerprint density at radius 1 is 1.15 bits per heavy atom. The third-order valence-electron chi connectivity index (χ3n) is 3.94. The molecule has 6 heteroatoms. The van der Waals surface area contributed by atoms with Crippen LogP contribution in [-0.2, 0) is 16.0 Å². The number of aryl methyl sites for hydroxylation is 1. The molecule has 0 heterocycles. The molecule has 26 heavy (non-hydrogen) atoms. The van der Waals surface area contributed by atoms with Crippen LogP contribution in [0.5, 0.6) is 0 Å². The van der Waals surface area contributed by atoms with Crippen molar-refractivity contribution in [3.05, 3.63) is 70.8 Å². The molecule has 2 rings (SSSR count). The Labute approximate surface area is 152 Å². The summed E-state index contributed by atoms with van der Waals surface area (Å²) in [4.78, 5) is 23.2. The van der Waals surface area contributed by atoms with E-state index in [1.54, 1.807) is 36.4 Å². The number of aliphatic hydroxyl groups excluding tert-OH is 1. The zero-order valence-corrected chi connectivity index (χ0v) is 14.4. The van der Waals surface area contributed by atoms with Gasteiger partial charge in [0.05, 0.1) is 24.8 Å². The van der Waals surface area contributed by atoms with E-state index >= 15 is 0 Å². The monoisotopic (exact) mass is 352 g/mol. The van der Waals surface area contributed by atoms with Crippen molar-refractivity contribution in [1.82, 2.24) is 5.32 Å². The van der Waals surface area contributed by atoms with Crippen LogP contribution in [0.4, 0.5) is 0 Å². The number of esters is 1. The van der Waals surface area contributed by atoms with Gasteiger partial charge in [-0.1, -0.05) is 24.3 Å². The van der Waals surface area contributed by atoms with Gasteiger partial charge in [0, 0.05) is 18.5 Å². The number of hydrogen-bond donors (Lipinski definition) is 2. The highest BCUT2D eigenvalue weighted by Gasteiger charge is 2.11. The van der Waals surface area contributed by atoms with Gasteiger partial charge in [0.1, 0.15) is 0 Å². The molecule has 0 spiro atoms. The zero-order chi connectivity index (χ0) is 18.9. The number of methoxy groups -OCH3 is 1. The highest BCUT2D eigenvalue weighted by Crippen LogP contribution is 2.14. The molecule has 134 valence electrons. The van der Waals surface area contributed by atoms with Crippen molar-refractivity contribution in [3.63, 3.8) is 0 Å². The molecule has 1 atom stereocenters. The fraction of sp³-hybridized carbons (Fsp3) is 0.250. The van der Waals surface area contributed by atoms with Gasteiger partial charge in [-0.2, -0.15) is 5.26 Å². The number of benzene rings is 2. The van der Waals surface area contributed by atoms with Gasteiger partial charge in [-0.3, -0.25) is 9.59 Å². The number of hydrogen-bond acceptors (Lipinski definition) is 5. The first-order valence-corrected chi connectivity index (χ1v) is 8.15. The summed E-state index contributed by atoms with van der Waals surface area (Å²) in [5.41, 5.74) is 2.54. The van der Waals surface area contributed by atoms with E-state index in [-0.39, 0.29) is 18.4 Å². The molecule has 0 radical (unpaired) electrons. The van der Waals surface area contributed by atoms with E-state index < -0.39 is 6.10 Å². The fourth-order valence-corrected chi connectivity index (χ4v) is 2.36. The highest BCUT2D eigenvalue weighted by atomic mass is 16.5. The van der Waals surface area contributed by atoms with Gasteiger partial charge in [-0.15, -0.1) is 0 Å². The normalized spacial score (nSPS) is 11.3. The molecular formula is C20H20N2O4. The van der Waals surface area contributed by atoms with Crippen molar-refractivity contribution in [2.45, 2.75) is 18.9 Å². The number of nitrogens with zero attached hydrogens (tertiary/aromatic N) is 1. The highest BCUT2D eigenvalue weighted by molar-refractivity contribution is 5.94. The third-order valence-corrected chi connectivity index (χ3v) is 3.94. The lowest BCUT2D eigenvalue weighted by molar-refractivity contribution is -0.140. The van der Waals surface area contributed by atoms with Crippen LogP contribution >= 0.6 is 0 Å². The van der Waals surface area contributed by atoms with Gasteiger partial charge in [0.25, 0.3) is 5.91 Å². The summed E-state index contributed by atoms with van der Waals surface area (Å²) < 4.78 is 4.60. The van der Waals surface area contributed by atoms with Crippen LogP contribution in [0.3, 0.4) is 0 Å². The standard InChI is InChI=1S/C20H20N2O4/c1-26-19(24)11-6-14-2-7-16(8-3-14)18(23)13-22-20(25)17-9-4-15(12-21)5-10-17/h2-5,7-10,18,23H,6,11,13H2,1H3,(H,22,25). The van der Waals surface area contributed by atoms with Gasteiger partial charge < -0.3 is 15.2 Å². The predicted molar refractivity (Wildman–Crippen MR) is 95.2 cm³/mol. The van der Waals surface area contributed by atoms with Gasteiger partial charge in [0.15, 0.2) is 0 Å². The maximum Gasteiger partial charge on any atom is 0.305 e. The molecule has 0 aliphatic carbocycles. The van der Waals surface area contributed by atoms with Crippen LogP contribution < -0.4 is 5.32 Å². The van der Waals surface area contributed by atoms with Crippen molar-refractivity contribution in [2.75, 3.05) is 13.7 Å². The van der Waals surface area contributed by atoms with Crippen molar-refractivity contribution in [3.8, 4) is 6.07 Å². The Morgan fingerprint density at radius 2 is 1.81 bits per heavy atom. The van der Waals surface area contributed by atoms with Gasteiger partial charge in [-0.05, 0) is 41.8 Å². The van der Waals surface area contributed by atoms with E-state index in [2.05, 4.69) is 10.1 Å². The first-order valence-electron chi connectivity index (χ1n) is 8.15. The van der Waals surface area contributed by atoms with Gasteiger partial charge in [-0.25, -0.2) is 0 Å². The molecule has 1 unspecified atom stereocenters. The molecule has 6 nitrogen and oxygen atoms in total. The van der Waals surface area contributed by atoms with E-state index in [0.717, 1.165) is 5.56 Å². The number of nitrogens with one attached hydrogen (secondary N) is 1. The molecule has 0 bridgehead atoms. The van der Waals surface area contributed by atoms with Crippen LogP contribution in [0.1, 0.15) is 39.6 Å². The number of carbonyl (C=O) groups is 2. The molecule has 0 aliphatic heterocycles. The van der Waals surface area contributed by atoms with Crippen molar-refractivity contribution in [1.29, 1.82) is 5.26 Å². The Bertz CT molecular complexity index is 792. The largest absolute Gasteiger partial charge is 0.469 e. The summed E-state index contributed by atoms with van der Waals surface area (Å²) in [7, 11) is 1.36. The Morgan fingerprint density at radius 3 is 2.38 bits per heavy atom. The number of rotatable bonds is 7. The van der Waals surface area contributed by atoms with E-state index in [1.807, 2.05) is 18.2 Å². The summed E-state index contributed by atoms with van der Waals surface area (Å²) in [6, 6.07) is 15.5. The van der Waals surface area contributed by atoms with Crippen LogP contribution in [0.15, 0.2) is 48.5 Å². The van der Waals surface area contributed by atoms with E-state index in [4.69, 9.17) is 5.26 Å². The lowest BCUT2D eigenvalue weighted by atomic mass is 10.0. The zero-order valence-electron chi connectivity index (χ0n) is 14.4. The topological polar surface area (TPSA) is 99.4 Å². The van der Waals surface area contributed by atoms with Crippen molar-refractivity contribution >= 4 is 11.9 Å². The smallest absolute Gasteiger partial charge is 0.305 e. The summed E-state index contributed by atoms with van der Waals surface area (Å²) >= 11 is 0. The summed E-state index contributed by atoms with van der Waals surface area (Å²) in [6.45, 7) is 0.0698. The number of aliphatic hydroxyl groups is 1. The quantitative estimate of drug-likeness (QED) is 0.744. The summed E-state index contributed by atoms with van der Waals surface area (Å²) in [5, 5.41) is 21.6. The lowest BCUT2D eigenvalue weighted by Crippen LogP contribution is -2.28. The van der Waals surface area contributed by atoms with Crippen molar-refractivity contribution < 1.29 is 19.4 Å². The maximum atomic E-state index is 12.1. The number of nitriles is 1. The second kappa shape index (κ2) is 9.35. The third kappa shape index (κ3) is 5.43. The first-order chi connectivity index (χ1) is 12.5. The predicted octanol–water partition coefficient (Wildman–Crippen LogP) is 2.13. The van der Waals surface area contributed by atoms with Crippen LogP contribution in [0, 0.1) is 11.3 Å². The minimum atomic E-state index is -0.841. The second-order valence-electron chi connectivity index (χ2n) is 5.73.